The monoisotopic (exact) mass is 341 g/mol. The summed E-state index contributed by atoms with van der Waals surface area (Å²) in [5.41, 5.74) is 1.62. The van der Waals surface area contributed by atoms with Crippen LogP contribution in [0, 0.1) is 0 Å². The Balaban J connectivity index is 1.85. The van der Waals surface area contributed by atoms with Gasteiger partial charge in [0.25, 0.3) is 5.91 Å². The van der Waals surface area contributed by atoms with Crippen molar-refractivity contribution in [1.82, 2.24) is 5.32 Å². The van der Waals surface area contributed by atoms with Gasteiger partial charge in [-0.25, -0.2) is 9.59 Å². The van der Waals surface area contributed by atoms with Crippen LogP contribution in [0.4, 0.5) is 0 Å². The van der Waals surface area contributed by atoms with E-state index in [4.69, 9.17) is 4.74 Å². The minimum Gasteiger partial charge on any atom is -0.465 e. The molecule has 6 nitrogen and oxygen atoms in total. The second-order valence-corrected chi connectivity index (χ2v) is 5.36. The summed E-state index contributed by atoms with van der Waals surface area (Å²) >= 11 is 0. The number of ether oxygens (including phenoxy) is 2. The standard InChI is InChI=1S/C19H19NO5/c1-13(20-17(21)15-6-4-3-5-7-15)18(22)25-12-14-8-10-16(11-9-14)19(23)24-2/h3-11,13H,12H2,1-2H3,(H,20,21)/t13-/m0/s1. The maximum absolute atomic E-state index is 12.0. The molecule has 0 aliphatic carbocycles. The van der Waals surface area contributed by atoms with Crippen LogP contribution in [0.15, 0.2) is 54.6 Å². The molecule has 2 aromatic carbocycles. The molecule has 0 radical (unpaired) electrons. The first-order valence-electron chi connectivity index (χ1n) is 7.71. The zero-order chi connectivity index (χ0) is 18.2. The summed E-state index contributed by atoms with van der Waals surface area (Å²) in [5.74, 6) is -1.31. The van der Waals surface area contributed by atoms with Crippen molar-refractivity contribution in [1.29, 1.82) is 0 Å². The molecule has 130 valence electrons. The quantitative estimate of drug-likeness (QED) is 0.816. The van der Waals surface area contributed by atoms with Crippen molar-refractivity contribution in [2.75, 3.05) is 7.11 Å². The summed E-state index contributed by atoms with van der Waals surface area (Å²) in [6.07, 6.45) is 0. The van der Waals surface area contributed by atoms with Gasteiger partial charge in [-0.15, -0.1) is 0 Å². The van der Waals surface area contributed by atoms with E-state index in [1.165, 1.54) is 7.11 Å². The van der Waals surface area contributed by atoms with E-state index in [0.717, 1.165) is 5.56 Å². The second-order valence-electron chi connectivity index (χ2n) is 5.36. The molecule has 0 bridgehead atoms. The summed E-state index contributed by atoms with van der Waals surface area (Å²) in [5, 5.41) is 2.59. The predicted octanol–water partition coefficient (Wildman–Crippen LogP) is 2.33. The third-order valence-electron chi connectivity index (χ3n) is 3.49. The summed E-state index contributed by atoms with van der Waals surface area (Å²) in [6, 6.07) is 14.4. The zero-order valence-electron chi connectivity index (χ0n) is 14.0. The zero-order valence-corrected chi connectivity index (χ0v) is 14.0. The summed E-state index contributed by atoms with van der Waals surface area (Å²) in [7, 11) is 1.31. The number of hydrogen-bond donors (Lipinski definition) is 1. The Morgan fingerprint density at radius 3 is 2.20 bits per heavy atom. The van der Waals surface area contributed by atoms with Gasteiger partial charge in [0.05, 0.1) is 12.7 Å². The predicted molar refractivity (Wildman–Crippen MR) is 90.9 cm³/mol. The molecule has 0 heterocycles. The summed E-state index contributed by atoms with van der Waals surface area (Å²) < 4.78 is 9.80. The fourth-order valence-electron chi connectivity index (χ4n) is 2.06. The van der Waals surface area contributed by atoms with Crippen LogP contribution in [0.2, 0.25) is 0 Å². The van der Waals surface area contributed by atoms with Crippen LogP contribution >= 0.6 is 0 Å². The first-order chi connectivity index (χ1) is 12.0. The first-order valence-corrected chi connectivity index (χ1v) is 7.71. The topological polar surface area (TPSA) is 81.7 Å². The molecule has 2 rings (SSSR count). The van der Waals surface area contributed by atoms with Crippen LogP contribution in [0.5, 0.6) is 0 Å². The minimum atomic E-state index is -0.776. The highest BCUT2D eigenvalue weighted by Gasteiger charge is 2.18. The number of rotatable bonds is 6. The molecule has 1 atom stereocenters. The first kappa shape index (κ1) is 18.2. The van der Waals surface area contributed by atoms with E-state index in [9.17, 15) is 14.4 Å². The molecule has 0 aliphatic rings. The molecule has 0 saturated heterocycles. The van der Waals surface area contributed by atoms with Crippen LogP contribution in [0.3, 0.4) is 0 Å². The number of methoxy groups -OCH3 is 1. The third-order valence-corrected chi connectivity index (χ3v) is 3.49. The lowest BCUT2D eigenvalue weighted by Crippen LogP contribution is -2.39. The van der Waals surface area contributed by atoms with Gasteiger partial charge in [0.1, 0.15) is 12.6 Å². The van der Waals surface area contributed by atoms with Crippen LogP contribution in [-0.2, 0) is 20.9 Å². The van der Waals surface area contributed by atoms with Crippen molar-refractivity contribution in [3.63, 3.8) is 0 Å². The van der Waals surface area contributed by atoms with E-state index >= 15 is 0 Å². The van der Waals surface area contributed by atoms with Crippen LogP contribution in [-0.4, -0.2) is 31.0 Å². The molecule has 0 fully saturated rings. The molecule has 0 saturated carbocycles. The molecule has 2 aromatic rings. The highest BCUT2D eigenvalue weighted by atomic mass is 16.5. The molecule has 25 heavy (non-hydrogen) atoms. The van der Waals surface area contributed by atoms with Gasteiger partial charge in [-0.05, 0) is 36.8 Å². The average molecular weight is 341 g/mol. The highest BCUT2D eigenvalue weighted by Crippen LogP contribution is 2.08. The fourth-order valence-corrected chi connectivity index (χ4v) is 2.06. The summed E-state index contributed by atoms with van der Waals surface area (Å²) in [6.45, 7) is 1.61. The largest absolute Gasteiger partial charge is 0.465 e. The lowest BCUT2D eigenvalue weighted by atomic mass is 10.1. The van der Waals surface area contributed by atoms with Crippen molar-refractivity contribution in [3.05, 3.63) is 71.3 Å². The van der Waals surface area contributed by atoms with Gasteiger partial charge in [-0.1, -0.05) is 30.3 Å². The second kappa shape index (κ2) is 8.63. The van der Waals surface area contributed by atoms with Crippen LogP contribution < -0.4 is 5.32 Å². The van der Waals surface area contributed by atoms with E-state index in [0.29, 0.717) is 11.1 Å². The highest BCUT2D eigenvalue weighted by molar-refractivity contribution is 5.96. The minimum absolute atomic E-state index is 0.0475. The number of amides is 1. The maximum atomic E-state index is 12.0. The average Bonchev–Trinajstić information content (AvgIpc) is 2.66. The van der Waals surface area contributed by atoms with E-state index in [1.54, 1.807) is 61.5 Å². The Morgan fingerprint density at radius 2 is 1.60 bits per heavy atom. The molecular formula is C19H19NO5. The van der Waals surface area contributed by atoms with Gasteiger partial charge in [-0.3, -0.25) is 4.79 Å². The molecule has 0 unspecified atom stereocenters. The van der Waals surface area contributed by atoms with Gasteiger partial charge in [0.2, 0.25) is 0 Å². The van der Waals surface area contributed by atoms with Crippen LogP contribution in [0.25, 0.3) is 0 Å². The fraction of sp³-hybridized carbons (Fsp3) is 0.211. The third kappa shape index (κ3) is 5.17. The number of esters is 2. The smallest absolute Gasteiger partial charge is 0.337 e. The van der Waals surface area contributed by atoms with Crippen molar-refractivity contribution >= 4 is 17.8 Å². The molecule has 0 aromatic heterocycles. The molecule has 0 spiro atoms. The molecule has 6 heteroatoms. The van der Waals surface area contributed by atoms with Gasteiger partial charge in [-0.2, -0.15) is 0 Å². The summed E-state index contributed by atoms with van der Waals surface area (Å²) in [4.78, 5) is 35.3. The lowest BCUT2D eigenvalue weighted by Gasteiger charge is -2.13. The van der Waals surface area contributed by atoms with Crippen molar-refractivity contribution in [3.8, 4) is 0 Å². The Hall–Kier alpha value is -3.15. The number of hydrogen-bond acceptors (Lipinski definition) is 5. The molecule has 0 aliphatic heterocycles. The number of carbonyl (C=O) groups excluding carboxylic acids is 3. The Morgan fingerprint density at radius 1 is 0.960 bits per heavy atom. The van der Waals surface area contributed by atoms with Gasteiger partial charge < -0.3 is 14.8 Å². The number of carbonyl (C=O) groups is 3. The van der Waals surface area contributed by atoms with Gasteiger partial charge in [0, 0.05) is 5.56 Å². The molecular weight excluding hydrogens is 322 g/mol. The van der Waals surface area contributed by atoms with Crippen LogP contribution in [0.1, 0.15) is 33.2 Å². The molecule has 1 N–H and O–H groups in total. The van der Waals surface area contributed by atoms with Crippen molar-refractivity contribution in [2.45, 2.75) is 19.6 Å². The van der Waals surface area contributed by atoms with Gasteiger partial charge in [0.15, 0.2) is 0 Å². The van der Waals surface area contributed by atoms with E-state index in [2.05, 4.69) is 10.1 Å². The number of nitrogens with one attached hydrogen (secondary N) is 1. The van der Waals surface area contributed by atoms with E-state index in [1.807, 2.05) is 0 Å². The number of benzene rings is 2. The van der Waals surface area contributed by atoms with E-state index in [-0.39, 0.29) is 12.5 Å². The molecule has 1 amide bonds. The van der Waals surface area contributed by atoms with E-state index < -0.39 is 18.0 Å². The Labute approximate surface area is 145 Å². The maximum Gasteiger partial charge on any atom is 0.337 e. The van der Waals surface area contributed by atoms with Crippen molar-refractivity contribution in [2.24, 2.45) is 0 Å². The normalized spacial score (nSPS) is 11.3. The Bertz CT molecular complexity index is 740. The Kier molecular flexibility index (Phi) is 6.28. The van der Waals surface area contributed by atoms with Crippen molar-refractivity contribution < 1.29 is 23.9 Å². The van der Waals surface area contributed by atoms with Gasteiger partial charge >= 0.3 is 11.9 Å². The lowest BCUT2D eigenvalue weighted by molar-refractivity contribution is -0.146. The SMILES string of the molecule is COC(=O)c1ccc(COC(=O)[C@H](C)NC(=O)c2ccccc2)cc1.